The number of carbonyl (C=O) groups excluding carboxylic acids is 2. The standard InChI is InChI=1S/C20H26N4O2/c1-3-18(20(26)23-9-8-17-14(11-23)10-21-22-17)24-12-16(13(2)25)15-6-4-5-7-19(15)24/h4-7,12,14,17-18,21-22H,3,8-11H2,1-2H3. The van der Waals surface area contributed by atoms with Crippen molar-refractivity contribution in [3.05, 3.63) is 36.0 Å². The van der Waals surface area contributed by atoms with E-state index in [2.05, 4.69) is 10.9 Å². The SMILES string of the molecule is CCC(C(=O)N1CCC2NNCC2C1)n1cc(C(C)=O)c2ccccc21. The number of hydrogen-bond acceptors (Lipinski definition) is 4. The molecule has 1 aromatic carbocycles. The van der Waals surface area contributed by atoms with Crippen molar-refractivity contribution in [2.75, 3.05) is 19.6 Å². The molecule has 0 spiro atoms. The number of hydrogen-bond donors (Lipinski definition) is 2. The van der Waals surface area contributed by atoms with E-state index in [0.29, 0.717) is 23.9 Å². The normalized spacial score (nSPS) is 23.8. The molecule has 1 amide bonds. The summed E-state index contributed by atoms with van der Waals surface area (Å²) < 4.78 is 2.01. The number of benzene rings is 1. The molecule has 2 aliphatic rings. The highest BCUT2D eigenvalue weighted by atomic mass is 16.2. The second-order valence-corrected chi connectivity index (χ2v) is 7.41. The van der Waals surface area contributed by atoms with E-state index < -0.39 is 0 Å². The van der Waals surface area contributed by atoms with Gasteiger partial charge in [-0.2, -0.15) is 0 Å². The monoisotopic (exact) mass is 354 g/mol. The number of Topliss-reactive ketones (excluding diaryl/α,β-unsaturated/α-hetero) is 1. The number of carbonyl (C=O) groups is 2. The van der Waals surface area contributed by atoms with Crippen LogP contribution in [0.2, 0.25) is 0 Å². The molecular formula is C20H26N4O2. The van der Waals surface area contributed by atoms with Crippen molar-refractivity contribution < 1.29 is 9.59 Å². The Hall–Kier alpha value is -2.18. The Morgan fingerprint density at radius 2 is 2.12 bits per heavy atom. The third-order valence-corrected chi connectivity index (χ3v) is 5.82. The molecule has 3 atom stereocenters. The van der Waals surface area contributed by atoms with Gasteiger partial charge in [-0.15, -0.1) is 0 Å². The van der Waals surface area contributed by atoms with Crippen LogP contribution in [0.5, 0.6) is 0 Å². The third-order valence-electron chi connectivity index (χ3n) is 5.82. The Bertz CT molecular complexity index is 843. The summed E-state index contributed by atoms with van der Waals surface area (Å²) in [5.74, 6) is 0.666. The number of para-hydroxylation sites is 1. The minimum atomic E-state index is -0.271. The zero-order chi connectivity index (χ0) is 18.3. The largest absolute Gasteiger partial charge is 0.340 e. The fourth-order valence-corrected chi connectivity index (χ4v) is 4.39. The van der Waals surface area contributed by atoms with E-state index in [1.165, 1.54) is 0 Å². The minimum Gasteiger partial charge on any atom is -0.340 e. The lowest BCUT2D eigenvalue weighted by Gasteiger charge is -2.36. The number of nitrogens with one attached hydrogen (secondary N) is 2. The number of fused-ring (bicyclic) bond motifs is 2. The van der Waals surface area contributed by atoms with Gasteiger partial charge in [-0.3, -0.25) is 20.4 Å². The highest BCUT2D eigenvalue weighted by Crippen LogP contribution is 2.29. The second kappa shape index (κ2) is 6.85. The number of rotatable bonds is 4. The first-order valence-corrected chi connectivity index (χ1v) is 9.47. The summed E-state index contributed by atoms with van der Waals surface area (Å²) in [4.78, 5) is 27.4. The number of amides is 1. The van der Waals surface area contributed by atoms with Crippen LogP contribution in [0.1, 0.15) is 43.1 Å². The van der Waals surface area contributed by atoms with Crippen LogP contribution in [-0.2, 0) is 4.79 Å². The van der Waals surface area contributed by atoms with Gasteiger partial charge in [0.15, 0.2) is 5.78 Å². The van der Waals surface area contributed by atoms with Crippen LogP contribution < -0.4 is 10.9 Å². The number of nitrogens with zero attached hydrogens (tertiary/aromatic N) is 2. The Morgan fingerprint density at radius 3 is 2.88 bits per heavy atom. The van der Waals surface area contributed by atoms with Gasteiger partial charge in [0.2, 0.25) is 5.91 Å². The Morgan fingerprint density at radius 1 is 1.31 bits per heavy atom. The van der Waals surface area contributed by atoms with Crippen LogP contribution in [0.25, 0.3) is 10.9 Å². The summed E-state index contributed by atoms with van der Waals surface area (Å²) in [6.45, 7) is 6.10. The summed E-state index contributed by atoms with van der Waals surface area (Å²) in [6.07, 6.45) is 3.55. The van der Waals surface area contributed by atoms with Crippen molar-refractivity contribution in [2.24, 2.45) is 5.92 Å². The summed E-state index contributed by atoms with van der Waals surface area (Å²) in [5.41, 5.74) is 8.16. The smallest absolute Gasteiger partial charge is 0.245 e. The predicted octanol–water partition coefficient (Wildman–Crippen LogP) is 2.12. The summed E-state index contributed by atoms with van der Waals surface area (Å²) in [5, 5.41) is 0.925. The molecule has 0 saturated carbocycles. The topological polar surface area (TPSA) is 66.4 Å². The molecule has 2 saturated heterocycles. The Balaban J connectivity index is 1.66. The highest BCUT2D eigenvalue weighted by molar-refractivity contribution is 6.07. The quantitative estimate of drug-likeness (QED) is 0.826. The van der Waals surface area contributed by atoms with Gasteiger partial charge in [-0.1, -0.05) is 25.1 Å². The maximum atomic E-state index is 13.3. The van der Waals surface area contributed by atoms with Gasteiger partial charge in [0, 0.05) is 54.3 Å². The summed E-state index contributed by atoms with van der Waals surface area (Å²) >= 11 is 0. The molecule has 2 fully saturated rings. The molecule has 2 aliphatic heterocycles. The molecule has 0 bridgehead atoms. The van der Waals surface area contributed by atoms with Crippen molar-refractivity contribution in [3.8, 4) is 0 Å². The van der Waals surface area contributed by atoms with Gasteiger partial charge in [-0.05, 0) is 25.8 Å². The number of piperidine rings is 1. The van der Waals surface area contributed by atoms with Gasteiger partial charge in [0.05, 0.1) is 0 Å². The first kappa shape index (κ1) is 17.2. The average Bonchev–Trinajstić information content (AvgIpc) is 3.26. The number of hydrazine groups is 1. The molecule has 0 aliphatic carbocycles. The first-order chi connectivity index (χ1) is 12.6. The zero-order valence-corrected chi connectivity index (χ0v) is 15.4. The molecule has 6 nitrogen and oxygen atoms in total. The molecule has 6 heteroatoms. The Kier molecular flexibility index (Phi) is 4.54. The third kappa shape index (κ3) is 2.83. The van der Waals surface area contributed by atoms with Gasteiger partial charge in [-0.25, -0.2) is 0 Å². The molecule has 0 radical (unpaired) electrons. The lowest BCUT2D eigenvalue weighted by molar-refractivity contribution is -0.136. The van der Waals surface area contributed by atoms with Crippen LogP contribution >= 0.6 is 0 Å². The van der Waals surface area contributed by atoms with Crippen molar-refractivity contribution in [1.82, 2.24) is 20.3 Å². The van der Waals surface area contributed by atoms with E-state index in [1.54, 1.807) is 6.92 Å². The van der Waals surface area contributed by atoms with Crippen LogP contribution in [-0.4, -0.2) is 46.8 Å². The van der Waals surface area contributed by atoms with E-state index >= 15 is 0 Å². The van der Waals surface area contributed by atoms with Crippen molar-refractivity contribution >= 4 is 22.6 Å². The van der Waals surface area contributed by atoms with Crippen molar-refractivity contribution in [1.29, 1.82) is 0 Å². The zero-order valence-electron chi connectivity index (χ0n) is 15.4. The molecular weight excluding hydrogens is 328 g/mol. The van der Waals surface area contributed by atoms with Crippen LogP contribution in [0.4, 0.5) is 0 Å². The number of likely N-dealkylation sites (tertiary alicyclic amines) is 1. The fraction of sp³-hybridized carbons (Fsp3) is 0.500. The molecule has 4 rings (SSSR count). The van der Waals surface area contributed by atoms with E-state index in [9.17, 15) is 9.59 Å². The van der Waals surface area contributed by atoms with Crippen molar-refractivity contribution in [2.45, 2.75) is 38.8 Å². The fourth-order valence-electron chi connectivity index (χ4n) is 4.39. The van der Waals surface area contributed by atoms with E-state index in [1.807, 2.05) is 46.9 Å². The van der Waals surface area contributed by atoms with E-state index in [4.69, 9.17) is 0 Å². The van der Waals surface area contributed by atoms with Crippen LogP contribution in [0.15, 0.2) is 30.5 Å². The number of ketones is 1. The average molecular weight is 354 g/mol. The van der Waals surface area contributed by atoms with Crippen LogP contribution in [0, 0.1) is 5.92 Å². The molecule has 3 unspecified atom stereocenters. The van der Waals surface area contributed by atoms with Gasteiger partial charge < -0.3 is 9.47 Å². The highest BCUT2D eigenvalue weighted by Gasteiger charge is 2.36. The molecule has 138 valence electrons. The molecule has 2 N–H and O–H groups in total. The predicted molar refractivity (Wildman–Crippen MR) is 101 cm³/mol. The molecule has 2 aromatic rings. The lowest BCUT2D eigenvalue weighted by Crippen LogP contribution is -2.49. The maximum Gasteiger partial charge on any atom is 0.245 e. The maximum absolute atomic E-state index is 13.3. The molecule has 3 heterocycles. The van der Waals surface area contributed by atoms with Gasteiger partial charge >= 0.3 is 0 Å². The van der Waals surface area contributed by atoms with Crippen molar-refractivity contribution in [3.63, 3.8) is 0 Å². The van der Waals surface area contributed by atoms with Gasteiger partial charge in [0.25, 0.3) is 0 Å². The van der Waals surface area contributed by atoms with E-state index in [0.717, 1.165) is 37.0 Å². The Labute approximate surface area is 153 Å². The van der Waals surface area contributed by atoms with E-state index in [-0.39, 0.29) is 17.7 Å². The first-order valence-electron chi connectivity index (χ1n) is 9.47. The summed E-state index contributed by atoms with van der Waals surface area (Å²) in [6, 6.07) is 8.05. The molecule has 1 aromatic heterocycles. The summed E-state index contributed by atoms with van der Waals surface area (Å²) in [7, 11) is 0. The lowest BCUT2D eigenvalue weighted by atomic mass is 9.93. The minimum absolute atomic E-state index is 0.0335. The van der Waals surface area contributed by atoms with Gasteiger partial charge in [0.1, 0.15) is 6.04 Å². The van der Waals surface area contributed by atoms with Crippen LogP contribution in [0.3, 0.4) is 0 Å². The second-order valence-electron chi connectivity index (χ2n) is 7.41. The molecule has 26 heavy (non-hydrogen) atoms. The number of aromatic nitrogens is 1.